The molecule has 124 valence electrons. The second-order valence-corrected chi connectivity index (χ2v) is 6.10. The Bertz CT molecular complexity index is 780. The topological polar surface area (TPSA) is 66.0 Å². The van der Waals surface area contributed by atoms with E-state index in [4.69, 9.17) is 9.26 Å². The summed E-state index contributed by atoms with van der Waals surface area (Å²) in [6.07, 6.45) is 8.67. The van der Waals surface area contributed by atoms with Gasteiger partial charge in [0.2, 0.25) is 11.7 Å². The zero-order valence-corrected chi connectivity index (χ0v) is 13.6. The number of hydrogen-bond acceptors (Lipinski definition) is 5. The largest absolute Gasteiger partial charge is 0.378 e. The predicted octanol–water partition coefficient (Wildman–Crippen LogP) is 3.59. The lowest BCUT2D eigenvalue weighted by Gasteiger charge is -2.26. The van der Waals surface area contributed by atoms with E-state index >= 15 is 0 Å². The van der Waals surface area contributed by atoms with Gasteiger partial charge in [0.1, 0.15) is 0 Å². The Kier molecular flexibility index (Phi) is 4.13. The molecule has 6 heteroatoms. The Morgan fingerprint density at radius 2 is 2.12 bits per heavy atom. The molecule has 2 atom stereocenters. The van der Waals surface area contributed by atoms with Crippen LogP contribution in [0, 0.1) is 0 Å². The minimum absolute atomic E-state index is 0.300. The fourth-order valence-corrected chi connectivity index (χ4v) is 3.10. The Morgan fingerprint density at radius 3 is 2.88 bits per heavy atom. The second kappa shape index (κ2) is 6.57. The van der Waals surface area contributed by atoms with Gasteiger partial charge in [0, 0.05) is 36.2 Å². The van der Waals surface area contributed by atoms with E-state index in [0.717, 1.165) is 43.0 Å². The number of imidazole rings is 1. The van der Waals surface area contributed by atoms with Gasteiger partial charge in [0.15, 0.2) is 0 Å². The summed E-state index contributed by atoms with van der Waals surface area (Å²) in [7, 11) is 0. The third-order valence-electron chi connectivity index (χ3n) is 4.54. The van der Waals surface area contributed by atoms with E-state index in [1.54, 1.807) is 12.5 Å². The molecule has 2 aromatic heterocycles. The van der Waals surface area contributed by atoms with Crippen LogP contribution in [0.25, 0.3) is 17.1 Å². The molecule has 1 saturated heterocycles. The van der Waals surface area contributed by atoms with Gasteiger partial charge in [-0.05, 0) is 43.5 Å². The van der Waals surface area contributed by atoms with Gasteiger partial charge in [-0.1, -0.05) is 12.1 Å². The summed E-state index contributed by atoms with van der Waals surface area (Å²) in [5, 5.41) is 4.16. The van der Waals surface area contributed by atoms with E-state index in [1.807, 2.05) is 35.0 Å². The Hall–Kier alpha value is -2.47. The summed E-state index contributed by atoms with van der Waals surface area (Å²) in [5.74, 6) is 1.67. The fourth-order valence-electron chi connectivity index (χ4n) is 3.10. The minimum atomic E-state index is 0.300. The first kappa shape index (κ1) is 15.1. The molecule has 0 N–H and O–H groups in total. The zero-order chi connectivity index (χ0) is 16.4. The second-order valence-electron chi connectivity index (χ2n) is 6.10. The maximum Gasteiger partial charge on any atom is 0.230 e. The third kappa shape index (κ3) is 2.97. The summed E-state index contributed by atoms with van der Waals surface area (Å²) >= 11 is 0. The van der Waals surface area contributed by atoms with Crippen LogP contribution in [0.5, 0.6) is 0 Å². The molecule has 0 spiro atoms. The van der Waals surface area contributed by atoms with Crippen molar-refractivity contribution in [2.75, 3.05) is 6.61 Å². The van der Waals surface area contributed by atoms with Crippen LogP contribution < -0.4 is 0 Å². The highest BCUT2D eigenvalue weighted by Crippen LogP contribution is 2.31. The van der Waals surface area contributed by atoms with Gasteiger partial charge in [-0.15, -0.1) is 0 Å². The van der Waals surface area contributed by atoms with Crippen molar-refractivity contribution < 1.29 is 9.26 Å². The zero-order valence-electron chi connectivity index (χ0n) is 13.6. The summed E-state index contributed by atoms with van der Waals surface area (Å²) in [6.45, 7) is 2.91. The third-order valence-corrected chi connectivity index (χ3v) is 4.54. The molecule has 4 rings (SSSR count). The minimum Gasteiger partial charge on any atom is -0.378 e. The molecule has 3 heterocycles. The van der Waals surface area contributed by atoms with Crippen LogP contribution in [-0.4, -0.2) is 32.4 Å². The van der Waals surface area contributed by atoms with Crippen molar-refractivity contribution in [1.82, 2.24) is 19.7 Å². The van der Waals surface area contributed by atoms with E-state index in [1.165, 1.54) is 0 Å². The van der Waals surface area contributed by atoms with Crippen LogP contribution in [0.3, 0.4) is 0 Å². The van der Waals surface area contributed by atoms with Crippen molar-refractivity contribution >= 4 is 0 Å². The van der Waals surface area contributed by atoms with Crippen LogP contribution in [0.2, 0.25) is 0 Å². The molecule has 6 nitrogen and oxygen atoms in total. The molecular formula is C18H20N4O2. The van der Waals surface area contributed by atoms with Crippen molar-refractivity contribution in [3.8, 4) is 17.1 Å². The Balaban J connectivity index is 1.52. The van der Waals surface area contributed by atoms with Crippen LogP contribution in [0.15, 0.2) is 47.5 Å². The highest BCUT2D eigenvalue weighted by Gasteiger charge is 2.27. The van der Waals surface area contributed by atoms with E-state index < -0.39 is 0 Å². The molecule has 0 bridgehead atoms. The average Bonchev–Trinajstić information content (AvgIpc) is 3.34. The SMILES string of the molecule is CCC1CC(c2nc(-c3ccc(-n4ccnc4)cc3)no2)CCO1. The standard InChI is InChI=1S/C18H20N4O2/c1-2-16-11-14(7-10-23-16)18-20-17(21-24-18)13-3-5-15(6-4-13)22-9-8-19-12-22/h3-6,8-9,12,14,16H,2,7,10-11H2,1H3. The summed E-state index contributed by atoms with van der Waals surface area (Å²) < 4.78 is 13.2. The van der Waals surface area contributed by atoms with Gasteiger partial charge in [0.05, 0.1) is 12.4 Å². The lowest BCUT2D eigenvalue weighted by atomic mass is 9.94. The van der Waals surface area contributed by atoms with E-state index in [9.17, 15) is 0 Å². The maximum absolute atomic E-state index is 5.72. The maximum atomic E-state index is 5.72. The van der Waals surface area contributed by atoms with E-state index in [-0.39, 0.29) is 0 Å². The molecular weight excluding hydrogens is 304 g/mol. The highest BCUT2D eigenvalue weighted by molar-refractivity contribution is 5.56. The molecule has 1 aliphatic heterocycles. The number of hydrogen-bond donors (Lipinski definition) is 0. The number of rotatable bonds is 4. The number of nitrogens with zero attached hydrogens (tertiary/aromatic N) is 4. The Labute approximate surface area is 140 Å². The molecule has 0 aliphatic carbocycles. The average molecular weight is 324 g/mol. The predicted molar refractivity (Wildman–Crippen MR) is 88.9 cm³/mol. The lowest BCUT2D eigenvalue weighted by molar-refractivity contribution is 0.0000983. The van der Waals surface area contributed by atoms with Gasteiger partial charge < -0.3 is 13.8 Å². The molecule has 0 radical (unpaired) electrons. The van der Waals surface area contributed by atoms with E-state index in [0.29, 0.717) is 17.8 Å². The van der Waals surface area contributed by atoms with Crippen molar-refractivity contribution in [2.24, 2.45) is 0 Å². The Morgan fingerprint density at radius 1 is 1.25 bits per heavy atom. The molecule has 2 unspecified atom stereocenters. The normalized spacial score (nSPS) is 21.0. The van der Waals surface area contributed by atoms with Gasteiger partial charge in [-0.25, -0.2) is 4.98 Å². The molecule has 1 aromatic carbocycles. The molecule has 1 fully saturated rings. The van der Waals surface area contributed by atoms with E-state index in [2.05, 4.69) is 22.0 Å². The van der Waals surface area contributed by atoms with Crippen molar-refractivity contribution in [1.29, 1.82) is 0 Å². The first-order chi connectivity index (χ1) is 11.8. The van der Waals surface area contributed by atoms with Crippen LogP contribution in [-0.2, 0) is 4.74 Å². The van der Waals surface area contributed by atoms with Crippen molar-refractivity contribution in [3.05, 3.63) is 48.9 Å². The number of aromatic nitrogens is 4. The van der Waals surface area contributed by atoms with Crippen LogP contribution in [0.1, 0.15) is 38.0 Å². The first-order valence-corrected chi connectivity index (χ1v) is 8.37. The number of ether oxygens (including phenoxy) is 1. The summed E-state index contributed by atoms with van der Waals surface area (Å²) in [4.78, 5) is 8.67. The monoisotopic (exact) mass is 324 g/mol. The number of benzene rings is 1. The van der Waals surface area contributed by atoms with Gasteiger partial charge >= 0.3 is 0 Å². The summed E-state index contributed by atoms with van der Waals surface area (Å²) in [5.41, 5.74) is 2.00. The first-order valence-electron chi connectivity index (χ1n) is 8.37. The van der Waals surface area contributed by atoms with Crippen LogP contribution in [0.4, 0.5) is 0 Å². The lowest BCUT2D eigenvalue weighted by Crippen LogP contribution is -2.24. The summed E-state index contributed by atoms with van der Waals surface area (Å²) in [6, 6.07) is 8.05. The fraction of sp³-hybridized carbons (Fsp3) is 0.389. The molecule has 24 heavy (non-hydrogen) atoms. The van der Waals surface area contributed by atoms with Gasteiger partial charge in [-0.2, -0.15) is 4.98 Å². The molecule has 1 aliphatic rings. The smallest absolute Gasteiger partial charge is 0.230 e. The molecule has 0 amide bonds. The quantitative estimate of drug-likeness (QED) is 0.733. The van der Waals surface area contributed by atoms with Crippen molar-refractivity contribution in [3.63, 3.8) is 0 Å². The van der Waals surface area contributed by atoms with Crippen molar-refractivity contribution in [2.45, 2.75) is 38.2 Å². The molecule has 0 saturated carbocycles. The van der Waals surface area contributed by atoms with Crippen LogP contribution >= 0.6 is 0 Å². The highest BCUT2D eigenvalue weighted by atomic mass is 16.5. The van der Waals surface area contributed by atoms with Gasteiger partial charge in [0.25, 0.3) is 0 Å². The molecule has 3 aromatic rings. The van der Waals surface area contributed by atoms with Gasteiger partial charge in [-0.3, -0.25) is 0 Å².